The topological polar surface area (TPSA) is 97.1 Å². The minimum Gasteiger partial charge on any atom is -0.323 e. The molecule has 0 saturated heterocycles. The Hall–Kier alpha value is -1.18. The molecule has 0 bridgehead atoms. The van der Waals surface area contributed by atoms with Crippen molar-refractivity contribution in [2.75, 3.05) is 5.43 Å². The van der Waals surface area contributed by atoms with Gasteiger partial charge in [-0.2, -0.15) is 0 Å². The average molecular weight is 244 g/mol. The van der Waals surface area contributed by atoms with Crippen molar-refractivity contribution in [3.8, 4) is 0 Å². The zero-order valence-electron chi connectivity index (χ0n) is 9.48. The molecule has 16 heavy (non-hydrogen) atoms. The Bertz CT molecular complexity index is 465. The van der Waals surface area contributed by atoms with Gasteiger partial charge in [0.25, 0.3) is 0 Å². The maximum atomic E-state index is 12.0. The molecule has 6 nitrogen and oxygen atoms in total. The molecule has 1 aromatic heterocycles. The summed E-state index contributed by atoms with van der Waals surface area (Å²) >= 11 is 0. The van der Waals surface area contributed by atoms with Crippen molar-refractivity contribution in [3.05, 3.63) is 18.5 Å². The quantitative estimate of drug-likeness (QED) is 0.529. The van der Waals surface area contributed by atoms with Crippen LogP contribution in [0.25, 0.3) is 0 Å². The smallest absolute Gasteiger partial charge is 0.244 e. The SMILES string of the molecule is CC(C)(C)NS(=O)(=O)c1cnccc1NN. The number of nitrogens with two attached hydrogens (primary N) is 1. The van der Waals surface area contributed by atoms with Crippen LogP contribution < -0.4 is 16.0 Å². The number of sulfonamides is 1. The first kappa shape index (κ1) is 12.9. The van der Waals surface area contributed by atoms with Crippen molar-refractivity contribution in [2.24, 2.45) is 5.84 Å². The summed E-state index contributed by atoms with van der Waals surface area (Å²) in [5, 5.41) is 0. The summed E-state index contributed by atoms with van der Waals surface area (Å²) in [6.45, 7) is 5.28. The zero-order chi connectivity index (χ0) is 12.4. The van der Waals surface area contributed by atoms with E-state index in [-0.39, 0.29) is 4.90 Å². The van der Waals surface area contributed by atoms with Gasteiger partial charge in [-0.15, -0.1) is 0 Å². The second-order valence-electron chi connectivity index (χ2n) is 4.37. The van der Waals surface area contributed by atoms with Crippen LogP contribution in [-0.2, 0) is 10.0 Å². The van der Waals surface area contributed by atoms with Crippen LogP contribution in [0.15, 0.2) is 23.4 Å². The summed E-state index contributed by atoms with van der Waals surface area (Å²) in [6.07, 6.45) is 2.72. The van der Waals surface area contributed by atoms with Gasteiger partial charge in [0.2, 0.25) is 10.0 Å². The molecule has 1 aromatic rings. The third-order valence-corrected chi connectivity index (χ3v) is 3.46. The van der Waals surface area contributed by atoms with E-state index in [0.29, 0.717) is 5.69 Å². The normalized spacial score (nSPS) is 12.5. The molecule has 0 saturated carbocycles. The fourth-order valence-electron chi connectivity index (χ4n) is 1.17. The van der Waals surface area contributed by atoms with Crippen LogP contribution >= 0.6 is 0 Å². The Morgan fingerprint density at radius 2 is 2.00 bits per heavy atom. The van der Waals surface area contributed by atoms with Crippen LogP contribution in [0.2, 0.25) is 0 Å². The van der Waals surface area contributed by atoms with Crippen LogP contribution in [0.3, 0.4) is 0 Å². The molecular weight excluding hydrogens is 228 g/mol. The van der Waals surface area contributed by atoms with Crippen molar-refractivity contribution in [1.29, 1.82) is 0 Å². The highest BCUT2D eigenvalue weighted by atomic mass is 32.2. The molecule has 0 aliphatic carbocycles. The molecule has 1 heterocycles. The Balaban J connectivity index is 3.17. The number of hydrogen-bond acceptors (Lipinski definition) is 5. The van der Waals surface area contributed by atoms with Crippen molar-refractivity contribution < 1.29 is 8.42 Å². The molecule has 4 N–H and O–H groups in total. The zero-order valence-corrected chi connectivity index (χ0v) is 10.3. The van der Waals surface area contributed by atoms with Crippen LogP contribution in [0.4, 0.5) is 5.69 Å². The third kappa shape index (κ3) is 3.16. The maximum absolute atomic E-state index is 12.0. The number of hydrazine groups is 1. The summed E-state index contributed by atoms with van der Waals surface area (Å²) in [4.78, 5) is 3.81. The van der Waals surface area contributed by atoms with E-state index in [0.717, 1.165) is 0 Å². The largest absolute Gasteiger partial charge is 0.323 e. The second kappa shape index (κ2) is 4.36. The van der Waals surface area contributed by atoms with E-state index in [4.69, 9.17) is 5.84 Å². The molecule has 0 aliphatic rings. The minimum absolute atomic E-state index is 0.0347. The van der Waals surface area contributed by atoms with Gasteiger partial charge in [-0.3, -0.25) is 10.8 Å². The summed E-state index contributed by atoms with van der Waals surface area (Å²) in [7, 11) is -3.62. The molecule has 1 rings (SSSR count). The second-order valence-corrected chi connectivity index (χ2v) is 6.02. The van der Waals surface area contributed by atoms with E-state index in [1.807, 2.05) is 0 Å². The van der Waals surface area contributed by atoms with Gasteiger partial charge in [0.1, 0.15) is 4.90 Å². The third-order valence-electron chi connectivity index (χ3n) is 1.67. The van der Waals surface area contributed by atoms with Crippen LogP contribution in [0, 0.1) is 0 Å². The number of pyridine rings is 1. The molecule has 0 fully saturated rings. The van der Waals surface area contributed by atoms with Crippen LogP contribution in [-0.4, -0.2) is 18.9 Å². The van der Waals surface area contributed by atoms with Gasteiger partial charge < -0.3 is 5.43 Å². The molecule has 0 atom stereocenters. The number of nitrogens with one attached hydrogen (secondary N) is 2. The Morgan fingerprint density at radius 3 is 2.50 bits per heavy atom. The van der Waals surface area contributed by atoms with E-state index in [1.54, 1.807) is 20.8 Å². The summed E-state index contributed by atoms with van der Waals surface area (Å²) in [5.41, 5.74) is 2.09. The number of nitrogens with zero attached hydrogens (tertiary/aromatic N) is 1. The van der Waals surface area contributed by atoms with Gasteiger partial charge >= 0.3 is 0 Å². The first-order valence-electron chi connectivity index (χ1n) is 4.71. The molecule has 0 aliphatic heterocycles. The van der Waals surface area contributed by atoms with E-state index in [2.05, 4.69) is 15.1 Å². The first-order valence-corrected chi connectivity index (χ1v) is 6.19. The molecule has 0 radical (unpaired) electrons. The Labute approximate surface area is 95.3 Å². The lowest BCUT2D eigenvalue weighted by molar-refractivity contribution is 0.491. The lowest BCUT2D eigenvalue weighted by atomic mass is 10.1. The van der Waals surface area contributed by atoms with Gasteiger partial charge in [0.15, 0.2) is 0 Å². The molecule has 90 valence electrons. The van der Waals surface area contributed by atoms with E-state index in [9.17, 15) is 8.42 Å². The highest BCUT2D eigenvalue weighted by Gasteiger charge is 2.24. The molecule has 0 unspecified atom stereocenters. The van der Waals surface area contributed by atoms with E-state index < -0.39 is 15.6 Å². The van der Waals surface area contributed by atoms with Crippen molar-refractivity contribution in [1.82, 2.24) is 9.71 Å². The van der Waals surface area contributed by atoms with Gasteiger partial charge in [-0.1, -0.05) is 0 Å². The number of rotatable bonds is 3. The molecule has 0 spiro atoms. The molecular formula is C9H16N4O2S. The fourth-order valence-corrected chi connectivity index (χ4v) is 2.70. The molecule has 0 amide bonds. The van der Waals surface area contributed by atoms with E-state index >= 15 is 0 Å². The van der Waals surface area contributed by atoms with Gasteiger partial charge in [0, 0.05) is 17.9 Å². The van der Waals surface area contributed by atoms with Crippen molar-refractivity contribution >= 4 is 15.7 Å². The minimum atomic E-state index is -3.62. The molecule has 7 heteroatoms. The van der Waals surface area contributed by atoms with Crippen molar-refractivity contribution in [2.45, 2.75) is 31.2 Å². The van der Waals surface area contributed by atoms with Gasteiger partial charge in [0.05, 0.1) is 5.69 Å². The van der Waals surface area contributed by atoms with Crippen LogP contribution in [0.5, 0.6) is 0 Å². The average Bonchev–Trinajstić information content (AvgIpc) is 2.14. The standard InChI is InChI=1S/C9H16N4O2S/c1-9(2,3)13-16(14,15)8-6-11-5-4-7(8)12-10/h4-6,13H,10H2,1-3H3,(H,11,12). The summed E-state index contributed by atoms with van der Waals surface area (Å²) < 4.78 is 26.5. The lowest BCUT2D eigenvalue weighted by Gasteiger charge is -2.21. The predicted octanol–water partition coefficient (Wildman–Crippen LogP) is 0.444. The number of nitrogen functional groups attached to an aromatic ring is 1. The highest BCUT2D eigenvalue weighted by Crippen LogP contribution is 2.19. The maximum Gasteiger partial charge on any atom is 0.244 e. The lowest BCUT2D eigenvalue weighted by Crippen LogP contribution is -2.40. The fraction of sp³-hybridized carbons (Fsp3) is 0.444. The number of aromatic nitrogens is 1. The monoisotopic (exact) mass is 244 g/mol. The molecule has 0 aromatic carbocycles. The number of anilines is 1. The Morgan fingerprint density at radius 1 is 1.38 bits per heavy atom. The predicted molar refractivity (Wildman–Crippen MR) is 62.1 cm³/mol. The van der Waals surface area contributed by atoms with Crippen LogP contribution in [0.1, 0.15) is 20.8 Å². The highest BCUT2D eigenvalue weighted by molar-refractivity contribution is 7.89. The first-order chi connectivity index (χ1) is 7.26. The van der Waals surface area contributed by atoms with E-state index in [1.165, 1.54) is 18.5 Å². The summed E-state index contributed by atoms with van der Waals surface area (Å²) in [5.74, 6) is 5.24. The summed E-state index contributed by atoms with van der Waals surface area (Å²) in [6, 6.07) is 1.50. The Kier molecular flexibility index (Phi) is 3.51. The number of hydrogen-bond donors (Lipinski definition) is 3. The van der Waals surface area contributed by atoms with Crippen molar-refractivity contribution in [3.63, 3.8) is 0 Å². The van der Waals surface area contributed by atoms with Gasteiger partial charge in [-0.25, -0.2) is 13.1 Å². The van der Waals surface area contributed by atoms with Gasteiger partial charge in [-0.05, 0) is 26.8 Å².